The summed E-state index contributed by atoms with van der Waals surface area (Å²) in [6, 6.07) is 7.83. The lowest BCUT2D eigenvalue weighted by atomic mass is 10.1. The minimum atomic E-state index is 0.144. The van der Waals surface area contributed by atoms with Gasteiger partial charge in [0.2, 0.25) is 0 Å². The molecule has 4 heteroatoms. The molecule has 106 valence electrons. The number of amidine groups is 1. The summed E-state index contributed by atoms with van der Waals surface area (Å²) in [5, 5.41) is 11.7. The van der Waals surface area contributed by atoms with E-state index < -0.39 is 0 Å². The maximum Gasteiger partial charge on any atom is 0.170 e. The van der Waals surface area contributed by atoms with Crippen LogP contribution in [0.4, 0.5) is 5.69 Å². The molecule has 0 fully saturated rings. The quantitative estimate of drug-likeness (QED) is 0.359. The number of benzene rings is 1. The van der Waals surface area contributed by atoms with Gasteiger partial charge >= 0.3 is 0 Å². The molecule has 0 saturated carbocycles. The second-order valence-corrected chi connectivity index (χ2v) is 5.72. The fourth-order valence-electron chi connectivity index (χ4n) is 2.07. The second kappa shape index (κ2) is 7.02. The van der Waals surface area contributed by atoms with Crippen molar-refractivity contribution in [1.29, 1.82) is 0 Å². The Kier molecular flexibility index (Phi) is 5.67. The smallest absolute Gasteiger partial charge is 0.170 e. The third kappa shape index (κ3) is 4.81. The lowest BCUT2D eigenvalue weighted by molar-refractivity contribution is 0.318. The lowest BCUT2D eigenvalue weighted by Gasteiger charge is -2.28. The van der Waals surface area contributed by atoms with Crippen LogP contribution in [-0.2, 0) is 0 Å². The number of oxime groups is 1. The predicted octanol–water partition coefficient (Wildman–Crippen LogP) is 2.90. The van der Waals surface area contributed by atoms with Crippen LogP contribution in [0.15, 0.2) is 29.4 Å². The summed E-state index contributed by atoms with van der Waals surface area (Å²) < 4.78 is 0. The fraction of sp³-hybridized carbons (Fsp3) is 0.533. The first kappa shape index (κ1) is 15.3. The zero-order chi connectivity index (χ0) is 14.4. The summed E-state index contributed by atoms with van der Waals surface area (Å²) in [5.74, 6) is 1.37. The van der Waals surface area contributed by atoms with Crippen LogP contribution in [0, 0.1) is 11.8 Å². The van der Waals surface area contributed by atoms with E-state index in [1.165, 1.54) is 5.69 Å². The van der Waals surface area contributed by atoms with Gasteiger partial charge in [-0.15, -0.1) is 0 Å². The maximum absolute atomic E-state index is 8.66. The Labute approximate surface area is 115 Å². The monoisotopic (exact) mass is 263 g/mol. The van der Waals surface area contributed by atoms with Crippen molar-refractivity contribution in [3.05, 3.63) is 29.8 Å². The van der Waals surface area contributed by atoms with Crippen molar-refractivity contribution < 1.29 is 5.21 Å². The first-order valence-electron chi connectivity index (χ1n) is 6.77. The van der Waals surface area contributed by atoms with Crippen LogP contribution in [0.2, 0.25) is 0 Å². The molecule has 0 aromatic heterocycles. The minimum absolute atomic E-state index is 0.144. The molecule has 0 atom stereocenters. The minimum Gasteiger partial charge on any atom is -0.409 e. The van der Waals surface area contributed by atoms with E-state index in [1.54, 1.807) is 0 Å². The van der Waals surface area contributed by atoms with E-state index in [9.17, 15) is 0 Å². The van der Waals surface area contributed by atoms with Crippen molar-refractivity contribution in [2.75, 3.05) is 18.0 Å². The summed E-state index contributed by atoms with van der Waals surface area (Å²) in [5.41, 5.74) is 7.48. The van der Waals surface area contributed by atoms with Gasteiger partial charge in [-0.2, -0.15) is 0 Å². The Balaban J connectivity index is 2.90. The Morgan fingerprint density at radius 1 is 1.11 bits per heavy atom. The average molecular weight is 263 g/mol. The van der Waals surface area contributed by atoms with Gasteiger partial charge in [0.05, 0.1) is 0 Å². The second-order valence-electron chi connectivity index (χ2n) is 5.72. The molecule has 19 heavy (non-hydrogen) atoms. The van der Waals surface area contributed by atoms with Crippen LogP contribution in [0.25, 0.3) is 0 Å². The molecule has 1 aromatic rings. The van der Waals surface area contributed by atoms with E-state index in [0.29, 0.717) is 11.8 Å². The third-order valence-corrected chi connectivity index (χ3v) is 2.81. The molecule has 0 bridgehead atoms. The summed E-state index contributed by atoms with van der Waals surface area (Å²) >= 11 is 0. The van der Waals surface area contributed by atoms with Crippen molar-refractivity contribution in [2.45, 2.75) is 27.7 Å². The fourth-order valence-corrected chi connectivity index (χ4v) is 2.07. The van der Waals surface area contributed by atoms with Crippen LogP contribution in [0.3, 0.4) is 0 Å². The summed E-state index contributed by atoms with van der Waals surface area (Å²) in [4.78, 5) is 2.38. The Morgan fingerprint density at radius 3 is 1.95 bits per heavy atom. The highest BCUT2D eigenvalue weighted by molar-refractivity contribution is 5.97. The molecule has 0 saturated heterocycles. The largest absolute Gasteiger partial charge is 0.409 e. The topological polar surface area (TPSA) is 61.8 Å². The first-order valence-corrected chi connectivity index (χ1v) is 6.77. The molecule has 1 aromatic carbocycles. The van der Waals surface area contributed by atoms with Crippen LogP contribution < -0.4 is 10.6 Å². The van der Waals surface area contributed by atoms with E-state index >= 15 is 0 Å². The number of nitrogens with two attached hydrogens (primary N) is 1. The zero-order valence-corrected chi connectivity index (χ0v) is 12.3. The summed E-state index contributed by atoms with van der Waals surface area (Å²) in [6.45, 7) is 10.9. The highest BCUT2D eigenvalue weighted by Gasteiger charge is 2.11. The van der Waals surface area contributed by atoms with Crippen LogP contribution in [0.1, 0.15) is 33.3 Å². The Hall–Kier alpha value is -1.71. The van der Waals surface area contributed by atoms with Crippen LogP contribution in [-0.4, -0.2) is 24.1 Å². The number of hydrogen-bond acceptors (Lipinski definition) is 3. The van der Waals surface area contributed by atoms with Gasteiger partial charge in [-0.25, -0.2) is 0 Å². The Bertz CT molecular complexity index is 400. The first-order chi connectivity index (χ1) is 8.93. The number of hydrogen-bond donors (Lipinski definition) is 2. The molecule has 1 rings (SSSR count). The molecular weight excluding hydrogens is 238 g/mol. The van der Waals surface area contributed by atoms with E-state index in [2.05, 4.69) is 37.8 Å². The van der Waals surface area contributed by atoms with Gasteiger partial charge < -0.3 is 15.8 Å². The molecular formula is C15H25N3O. The molecule has 0 radical (unpaired) electrons. The van der Waals surface area contributed by atoms with E-state index in [0.717, 1.165) is 18.7 Å². The highest BCUT2D eigenvalue weighted by atomic mass is 16.4. The van der Waals surface area contributed by atoms with E-state index in [1.807, 2.05) is 24.3 Å². The van der Waals surface area contributed by atoms with E-state index in [-0.39, 0.29) is 5.84 Å². The molecule has 3 N–H and O–H groups in total. The van der Waals surface area contributed by atoms with Crippen molar-refractivity contribution in [1.82, 2.24) is 0 Å². The molecule has 0 aliphatic rings. The molecule has 0 spiro atoms. The molecule has 0 aliphatic carbocycles. The molecule has 0 amide bonds. The summed E-state index contributed by atoms with van der Waals surface area (Å²) in [7, 11) is 0. The van der Waals surface area contributed by atoms with Crippen molar-refractivity contribution in [2.24, 2.45) is 22.7 Å². The van der Waals surface area contributed by atoms with Crippen LogP contribution >= 0.6 is 0 Å². The number of rotatable bonds is 6. The van der Waals surface area contributed by atoms with Gasteiger partial charge in [-0.3, -0.25) is 0 Å². The van der Waals surface area contributed by atoms with Gasteiger partial charge in [0.1, 0.15) is 0 Å². The van der Waals surface area contributed by atoms with Gasteiger partial charge in [-0.1, -0.05) is 32.9 Å². The molecule has 4 nitrogen and oxygen atoms in total. The molecule has 0 unspecified atom stereocenters. The maximum atomic E-state index is 8.66. The normalized spacial score (nSPS) is 12.2. The molecule has 0 heterocycles. The van der Waals surface area contributed by atoms with Crippen molar-refractivity contribution >= 4 is 11.5 Å². The highest BCUT2D eigenvalue weighted by Crippen LogP contribution is 2.18. The van der Waals surface area contributed by atoms with Crippen molar-refractivity contribution in [3.8, 4) is 0 Å². The van der Waals surface area contributed by atoms with Gasteiger partial charge in [0.15, 0.2) is 5.84 Å². The van der Waals surface area contributed by atoms with Crippen molar-refractivity contribution in [3.63, 3.8) is 0 Å². The average Bonchev–Trinajstić information content (AvgIpc) is 2.36. The van der Waals surface area contributed by atoms with Gasteiger partial charge in [0.25, 0.3) is 0 Å². The third-order valence-electron chi connectivity index (χ3n) is 2.81. The van der Waals surface area contributed by atoms with Gasteiger partial charge in [-0.05, 0) is 36.1 Å². The van der Waals surface area contributed by atoms with Gasteiger partial charge in [0, 0.05) is 24.3 Å². The number of anilines is 1. The SMILES string of the molecule is CC(C)CN(CC(C)C)c1ccc(/C(N)=N/O)cc1. The predicted molar refractivity (Wildman–Crippen MR) is 80.8 cm³/mol. The van der Waals surface area contributed by atoms with Crippen LogP contribution in [0.5, 0.6) is 0 Å². The number of nitrogens with zero attached hydrogens (tertiary/aromatic N) is 2. The lowest BCUT2D eigenvalue weighted by Crippen LogP contribution is -2.31. The zero-order valence-electron chi connectivity index (χ0n) is 12.3. The van der Waals surface area contributed by atoms with E-state index in [4.69, 9.17) is 10.9 Å². The Morgan fingerprint density at radius 2 is 1.58 bits per heavy atom. The standard InChI is InChI=1S/C15H25N3O/c1-11(2)9-18(10-12(3)4)14-7-5-13(6-8-14)15(16)17-19/h5-8,11-12,19H,9-10H2,1-4H3,(H2,16,17). The summed E-state index contributed by atoms with van der Waals surface area (Å²) in [6.07, 6.45) is 0. The molecule has 0 aliphatic heterocycles.